The van der Waals surface area contributed by atoms with Crippen molar-refractivity contribution in [3.63, 3.8) is 0 Å². The molecule has 16 heavy (non-hydrogen) atoms. The third-order valence-corrected chi connectivity index (χ3v) is 3.05. The van der Waals surface area contributed by atoms with Crippen LogP contribution in [0.15, 0.2) is 22.8 Å². The normalized spacial score (nSPS) is 21.9. The Hall–Kier alpha value is -0.840. The molecule has 2 unspecified atom stereocenters. The van der Waals surface area contributed by atoms with E-state index in [-0.39, 0.29) is 12.1 Å². The zero-order valence-corrected chi connectivity index (χ0v) is 9.76. The lowest BCUT2D eigenvalue weighted by atomic mass is 10.0. The van der Waals surface area contributed by atoms with Gasteiger partial charge in [0.25, 0.3) is 0 Å². The third kappa shape index (κ3) is 2.45. The molecular formula is C12H20N2O2. The first-order valence-electron chi connectivity index (χ1n) is 6.01. The van der Waals surface area contributed by atoms with E-state index in [1.165, 1.54) is 0 Å². The molecule has 1 aromatic rings. The molecule has 0 saturated carbocycles. The summed E-state index contributed by atoms with van der Waals surface area (Å²) in [5.41, 5.74) is 6.16. The quantitative estimate of drug-likeness (QED) is 0.850. The average molecular weight is 224 g/mol. The standard InChI is InChI=1S/C12H20N2O2/c1-2-10(13)12(11-6-5-8-15-11)14-7-3-4-9-16-14/h5-6,8,10,12H,2-4,7,9,13H2,1H3. The Bertz CT molecular complexity index is 294. The maximum atomic E-state index is 6.16. The molecule has 1 aliphatic rings. The lowest BCUT2D eigenvalue weighted by molar-refractivity contribution is -0.215. The average Bonchev–Trinajstić information content (AvgIpc) is 2.84. The minimum absolute atomic E-state index is 0.0419. The van der Waals surface area contributed by atoms with Gasteiger partial charge in [0.15, 0.2) is 0 Å². The summed E-state index contributed by atoms with van der Waals surface area (Å²) < 4.78 is 5.47. The van der Waals surface area contributed by atoms with E-state index in [1.54, 1.807) is 6.26 Å². The van der Waals surface area contributed by atoms with E-state index < -0.39 is 0 Å². The van der Waals surface area contributed by atoms with Crippen molar-refractivity contribution in [1.29, 1.82) is 0 Å². The molecule has 2 N–H and O–H groups in total. The van der Waals surface area contributed by atoms with E-state index in [0.29, 0.717) is 0 Å². The predicted octanol–water partition coefficient (Wildman–Crippen LogP) is 2.09. The van der Waals surface area contributed by atoms with Crippen LogP contribution < -0.4 is 5.73 Å². The second-order valence-electron chi connectivity index (χ2n) is 4.21. The fourth-order valence-corrected chi connectivity index (χ4v) is 2.08. The van der Waals surface area contributed by atoms with E-state index in [4.69, 9.17) is 15.0 Å². The van der Waals surface area contributed by atoms with Gasteiger partial charge in [-0.1, -0.05) is 6.92 Å². The number of furan rings is 1. The van der Waals surface area contributed by atoms with Crippen molar-refractivity contribution in [1.82, 2.24) is 5.06 Å². The summed E-state index contributed by atoms with van der Waals surface area (Å²) in [4.78, 5) is 5.68. The Morgan fingerprint density at radius 1 is 1.50 bits per heavy atom. The van der Waals surface area contributed by atoms with Gasteiger partial charge in [0, 0.05) is 12.6 Å². The molecule has 1 fully saturated rings. The summed E-state index contributed by atoms with van der Waals surface area (Å²) in [6, 6.07) is 3.96. The predicted molar refractivity (Wildman–Crippen MR) is 61.6 cm³/mol. The summed E-state index contributed by atoms with van der Waals surface area (Å²) in [5.74, 6) is 0.899. The van der Waals surface area contributed by atoms with Crippen molar-refractivity contribution in [2.45, 2.75) is 38.3 Å². The molecule has 0 radical (unpaired) electrons. The van der Waals surface area contributed by atoms with Gasteiger partial charge in [0.1, 0.15) is 11.8 Å². The van der Waals surface area contributed by atoms with E-state index in [1.807, 2.05) is 17.2 Å². The highest BCUT2D eigenvalue weighted by atomic mass is 16.7. The smallest absolute Gasteiger partial charge is 0.124 e. The second-order valence-corrected chi connectivity index (χ2v) is 4.21. The molecule has 1 saturated heterocycles. The Labute approximate surface area is 96.3 Å². The van der Waals surface area contributed by atoms with Crippen molar-refractivity contribution in [3.8, 4) is 0 Å². The van der Waals surface area contributed by atoms with Crippen molar-refractivity contribution in [2.75, 3.05) is 13.2 Å². The highest BCUT2D eigenvalue weighted by Crippen LogP contribution is 2.27. The van der Waals surface area contributed by atoms with Crippen LogP contribution in [-0.4, -0.2) is 24.3 Å². The highest BCUT2D eigenvalue weighted by molar-refractivity contribution is 5.07. The van der Waals surface area contributed by atoms with Gasteiger partial charge in [-0.3, -0.25) is 4.84 Å². The second kappa shape index (κ2) is 5.48. The summed E-state index contributed by atoms with van der Waals surface area (Å²) >= 11 is 0. The molecule has 0 aromatic carbocycles. The lowest BCUT2D eigenvalue weighted by Gasteiger charge is -2.35. The SMILES string of the molecule is CCC(N)C(c1ccco1)N1CCCCO1. The Morgan fingerprint density at radius 2 is 2.38 bits per heavy atom. The number of hydrogen-bond acceptors (Lipinski definition) is 4. The van der Waals surface area contributed by atoms with Crippen molar-refractivity contribution >= 4 is 0 Å². The van der Waals surface area contributed by atoms with E-state index in [9.17, 15) is 0 Å². The van der Waals surface area contributed by atoms with Crippen LogP contribution in [0.5, 0.6) is 0 Å². The third-order valence-electron chi connectivity index (χ3n) is 3.05. The van der Waals surface area contributed by atoms with Crippen molar-refractivity contribution in [2.24, 2.45) is 5.73 Å². The minimum atomic E-state index is 0.0419. The molecule has 0 amide bonds. The molecule has 4 nitrogen and oxygen atoms in total. The van der Waals surface area contributed by atoms with Crippen LogP contribution in [0.3, 0.4) is 0 Å². The maximum Gasteiger partial charge on any atom is 0.124 e. The Morgan fingerprint density at radius 3 is 2.94 bits per heavy atom. The van der Waals surface area contributed by atoms with Crippen LogP contribution in [0, 0.1) is 0 Å². The molecular weight excluding hydrogens is 204 g/mol. The first-order chi connectivity index (χ1) is 7.83. The Balaban J connectivity index is 2.13. The molecule has 1 aliphatic heterocycles. The molecule has 0 spiro atoms. The molecule has 2 rings (SSSR count). The van der Waals surface area contributed by atoms with Gasteiger partial charge in [-0.15, -0.1) is 0 Å². The zero-order chi connectivity index (χ0) is 11.4. The van der Waals surface area contributed by atoms with E-state index in [2.05, 4.69) is 6.92 Å². The number of nitrogens with zero attached hydrogens (tertiary/aromatic N) is 1. The van der Waals surface area contributed by atoms with Gasteiger partial charge in [-0.25, -0.2) is 0 Å². The fraction of sp³-hybridized carbons (Fsp3) is 0.667. The zero-order valence-electron chi connectivity index (χ0n) is 9.76. The van der Waals surface area contributed by atoms with Crippen LogP contribution in [0.25, 0.3) is 0 Å². The molecule has 90 valence electrons. The van der Waals surface area contributed by atoms with E-state index >= 15 is 0 Å². The minimum Gasteiger partial charge on any atom is -0.468 e. The van der Waals surface area contributed by atoms with E-state index in [0.717, 1.165) is 38.2 Å². The molecule has 1 aromatic heterocycles. The number of rotatable bonds is 4. The van der Waals surface area contributed by atoms with Gasteiger partial charge in [0.05, 0.1) is 12.9 Å². The van der Waals surface area contributed by atoms with Gasteiger partial charge < -0.3 is 10.2 Å². The number of nitrogens with two attached hydrogens (primary N) is 1. The van der Waals surface area contributed by atoms with Crippen LogP contribution >= 0.6 is 0 Å². The number of hydroxylamine groups is 2. The number of hydrogen-bond donors (Lipinski definition) is 1. The molecule has 0 aliphatic carbocycles. The summed E-state index contributed by atoms with van der Waals surface area (Å²) in [6.07, 6.45) is 4.89. The Kier molecular flexibility index (Phi) is 3.98. The van der Waals surface area contributed by atoms with Crippen LogP contribution in [0.1, 0.15) is 38.0 Å². The molecule has 2 atom stereocenters. The lowest BCUT2D eigenvalue weighted by Crippen LogP contribution is -2.43. The monoisotopic (exact) mass is 224 g/mol. The molecule has 2 heterocycles. The maximum absolute atomic E-state index is 6.16. The summed E-state index contributed by atoms with van der Waals surface area (Å²) in [6.45, 7) is 3.80. The van der Waals surface area contributed by atoms with Crippen LogP contribution in [0.2, 0.25) is 0 Å². The molecule has 4 heteroatoms. The summed E-state index contributed by atoms with van der Waals surface area (Å²) in [5, 5.41) is 1.98. The van der Waals surface area contributed by atoms with Gasteiger partial charge in [-0.05, 0) is 31.4 Å². The summed E-state index contributed by atoms with van der Waals surface area (Å²) in [7, 11) is 0. The van der Waals surface area contributed by atoms with Gasteiger partial charge in [-0.2, -0.15) is 5.06 Å². The van der Waals surface area contributed by atoms with Crippen LogP contribution in [0.4, 0.5) is 0 Å². The topological polar surface area (TPSA) is 51.6 Å². The van der Waals surface area contributed by atoms with Crippen LogP contribution in [-0.2, 0) is 4.84 Å². The van der Waals surface area contributed by atoms with Crippen molar-refractivity contribution in [3.05, 3.63) is 24.2 Å². The van der Waals surface area contributed by atoms with Gasteiger partial charge >= 0.3 is 0 Å². The molecule has 0 bridgehead atoms. The first kappa shape index (κ1) is 11.6. The highest BCUT2D eigenvalue weighted by Gasteiger charge is 2.30. The largest absolute Gasteiger partial charge is 0.468 e. The fourth-order valence-electron chi connectivity index (χ4n) is 2.08. The van der Waals surface area contributed by atoms with Crippen molar-refractivity contribution < 1.29 is 9.25 Å². The first-order valence-corrected chi connectivity index (χ1v) is 6.01. The van der Waals surface area contributed by atoms with Gasteiger partial charge in [0.2, 0.25) is 0 Å².